The summed E-state index contributed by atoms with van der Waals surface area (Å²) in [6, 6.07) is 11.5. The molecule has 2 heterocycles. The Morgan fingerprint density at radius 2 is 1.55 bits per heavy atom. The Bertz CT molecular complexity index is 1100. The van der Waals surface area contributed by atoms with Gasteiger partial charge in [-0.1, -0.05) is 0 Å². The number of amides is 2. The first-order chi connectivity index (χ1) is 15.8. The number of halogens is 1. The summed E-state index contributed by atoms with van der Waals surface area (Å²) < 4.78 is 40.2. The molecule has 1 N–H and O–H groups in total. The molecule has 1 atom stereocenters. The van der Waals surface area contributed by atoms with Gasteiger partial charge in [-0.3, -0.25) is 9.59 Å². The molecule has 0 spiro atoms. The molecule has 7 nitrogen and oxygen atoms in total. The lowest BCUT2D eigenvalue weighted by atomic mass is 9.98. The van der Waals surface area contributed by atoms with Gasteiger partial charge in [0, 0.05) is 37.4 Å². The van der Waals surface area contributed by atoms with E-state index in [0.29, 0.717) is 30.6 Å². The van der Waals surface area contributed by atoms with Crippen molar-refractivity contribution in [2.75, 3.05) is 31.5 Å². The molecule has 0 bridgehead atoms. The van der Waals surface area contributed by atoms with E-state index in [1.165, 1.54) is 16.4 Å². The molecule has 2 aliphatic rings. The Morgan fingerprint density at radius 3 is 2.21 bits per heavy atom. The molecule has 0 aromatic heterocycles. The molecule has 2 saturated heterocycles. The molecule has 2 aromatic carbocycles. The van der Waals surface area contributed by atoms with Crippen molar-refractivity contribution in [2.24, 2.45) is 5.92 Å². The van der Waals surface area contributed by atoms with Crippen LogP contribution in [0.25, 0.3) is 0 Å². The number of carbonyl (C=O) groups is 2. The minimum absolute atomic E-state index is 0.00139. The SMILES string of the molecule is O=C(Nc1ccc(C(=O)N2CCCCC2)cc1)[C@@H]1CCCN(S(=O)(=O)c2ccc(F)cc2)C1. The Labute approximate surface area is 193 Å². The van der Waals surface area contributed by atoms with Crippen molar-refractivity contribution >= 4 is 27.5 Å². The van der Waals surface area contributed by atoms with Gasteiger partial charge in [-0.15, -0.1) is 0 Å². The first kappa shape index (κ1) is 23.4. The molecule has 0 saturated carbocycles. The van der Waals surface area contributed by atoms with Gasteiger partial charge in [-0.25, -0.2) is 12.8 Å². The van der Waals surface area contributed by atoms with Crippen LogP contribution in [0.1, 0.15) is 42.5 Å². The predicted octanol–water partition coefficient (Wildman–Crippen LogP) is 3.49. The van der Waals surface area contributed by atoms with Crippen molar-refractivity contribution in [3.05, 3.63) is 59.9 Å². The molecular weight excluding hydrogens is 445 g/mol. The van der Waals surface area contributed by atoms with Crippen LogP contribution in [0, 0.1) is 11.7 Å². The van der Waals surface area contributed by atoms with Crippen molar-refractivity contribution in [1.29, 1.82) is 0 Å². The van der Waals surface area contributed by atoms with Crippen molar-refractivity contribution in [3.8, 4) is 0 Å². The fourth-order valence-corrected chi connectivity index (χ4v) is 5.87. The Hall–Kier alpha value is -2.78. The number of nitrogens with zero attached hydrogens (tertiary/aromatic N) is 2. The first-order valence-electron chi connectivity index (χ1n) is 11.3. The third kappa shape index (κ3) is 5.42. The number of benzene rings is 2. The zero-order valence-electron chi connectivity index (χ0n) is 18.4. The minimum Gasteiger partial charge on any atom is -0.339 e. The van der Waals surface area contributed by atoms with Crippen LogP contribution in [0.4, 0.5) is 10.1 Å². The van der Waals surface area contributed by atoms with Gasteiger partial charge in [0.15, 0.2) is 0 Å². The summed E-state index contributed by atoms with van der Waals surface area (Å²) in [4.78, 5) is 27.3. The number of nitrogens with one attached hydrogen (secondary N) is 1. The zero-order chi connectivity index (χ0) is 23.4. The monoisotopic (exact) mass is 473 g/mol. The summed E-state index contributed by atoms with van der Waals surface area (Å²) in [5, 5.41) is 2.84. The van der Waals surface area contributed by atoms with E-state index < -0.39 is 21.8 Å². The minimum atomic E-state index is -3.80. The second-order valence-electron chi connectivity index (χ2n) is 8.58. The van der Waals surface area contributed by atoms with Crippen LogP contribution in [-0.2, 0) is 14.8 Å². The summed E-state index contributed by atoms with van der Waals surface area (Å²) >= 11 is 0. The van der Waals surface area contributed by atoms with Crippen LogP contribution in [0.2, 0.25) is 0 Å². The number of piperidine rings is 2. The number of hydrogen-bond acceptors (Lipinski definition) is 4. The van der Waals surface area contributed by atoms with Crippen molar-refractivity contribution < 1.29 is 22.4 Å². The average molecular weight is 474 g/mol. The topological polar surface area (TPSA) is 86.8 Å². The number of hydrogen-bond donors (Lipinski definition) is 1. The van der Waals surface area contributed by atoms with Gasteiger partial charge >= 0.3 is 0 Å². The highest BCUT2D eigenvalue weighted by Gasteiger charge is 2.33. The highest BCUT2D eigenvalue weighted by molar-refractivity contribution is 7.89. The normalized spacial score (nSPS) is 19.8. The van der Waals surface area contributed by atoms with Crippen LogP contribution in [0.5, 0.6) is 0 Å². The first-order valence-corrected chi connectivity index (χ1v) is 12.7. The fourth-order valence-electron chi connectivity index (χ4n) is 4.35. The summed E-state index contributed by atoms with van der Waals surface area (Å²) in [5.74, 6) is -1.26. The lowest BCUT2D eigenvalue weighted by Crippen LogP contribution is -2.43. The summed E-state index contributed by atoms with van der Waals surface area (Å²) in [6.07, 6.45) is 4.33. The number of rotatable bonds is 5. The Kier molecular flexibility index (Phi) is 7.09. The highest BCUT2D eigenvalue weighted by Crippen LogP contribution is 2.25. The van der Waals surface area contributed by atoms with Crippen LogP contribution in [-0.4, -0.2) is 55.6 Å². The number of likely N-dealkylation sites (tertiary alicyclic amines) is 1. The van der Waals surface area contributed by atoms with E-state index in [2.05, 4.69) is 5.32 Å². The van der Waals surface area contributed by atoms with Crippen molar-refractivity contribution in [1.82, 2.24) is 9.21 Å². The third-order valence-electron chi connectivity index (χ3n) is 6.25. The van der Waals surface area contributed by atoms with Gasteiger partial charge in [0.2, 0.25) is 15.9 Å². The fraction of sp³-hybridized carbons (Fsp3) is 0.417. The summed E-state index contributed by atoms with van der Waals surface area (Å²) in [7, 11) is -3.80. The van der Waals surface area contributed by atoms with E-state index >= 15 is 0 Å². The highest BCUT2D eigenvalue weighted by atomic mass is 32.2. The maximum absolute atomic E-state index is 13.2. The maximum Gasteiger partial charge on any atom is 0.253 e. The quantitative estimate of drug-likeness (QED) is 0.720. The third-order valence-corrected chi connectivity index (χ3v) is 8.13. The molecule has 2 amide bonds. The van der Waals surface area contributed by atoms with E-state index in [4.69, 9.17) is 0 Å². The largest absolute Gasteiger partial charge is 0.339 e. The van der Waals surface area contributed by atoms with E-state index in [1.807, 2.05) is 4.90 Å². The van der Waals surface area contributed by atoms with E-state index in [0.717, 1.165) is 44.5 Å². The maximum atomic E-state index is 13.2. The molecule has 0 aliphatic carbocycles. The Morgan fingerprint density at radius 1 is 0.879 bits per heavy atom. The number of anilines is 1. The van der Waals surface area contributed by atoms with Crippen molar-refractivity contribution in [3.63, 3.8) is 0 Å². The number of sulfonamides is 1. The number of carbonyl (C=O) groups excluding carboxylic acids is 2. The van der Waals surface area contributed by atoms with E-state index in [1.54, 1.807) is 24.3 Å². The zero-order valence-corrected chi connectivity index (χ0v) is 19.2. The van der Waals surface area contributed by atoms with E-state index in [-0.39, 0.29) is 23.3 Å². The second kappa shape index (κ2) is 10.0. The molecule has 0 radical (unpaired) electrons. The van der Waals surface area contributed by atoms with Crippen LogP contribution >= 0.6 is 0 Å². The lowest BCUT2D eigenvalue weighted by Gasteiger charge is -2.31. The van der Waals surface area contributed by atoms with E-state index in [9.17, 15) is 22.4 Å². The summed E-state index contributed by atoms with van der Waals surface area (Å²) in [5.41, 5.74) is 1.15. The van der Waals surface area contributed by atoms with Crippen molar-refractivity contribution in [2.45, 2.75) is 37.0 Å². The van der Waals surface area contributed by atoms with Gasteiger partial charge in [-0.2, -0.15) is 4.31 Å². The molecule has 176 valence electrons. The second-order valence-corrected chi connectivity index (χ2v) is 10.5. The smallest absolute Gasteiger partial charge is 0.253 e. The molecule has 9 heteroatoms. The van der Waals surface area contributed by atoms with Crippen LogP contribution in [0.3, 0.4) is 0 Å². The summed E-state index contributed by atoms with van der Waals surface area (Å²) in [6.45, 7) is 1.93. The molecule has 4 rings (SSSR count). The van der Waals surface area contributed by atoms with Gasteiger partial charge in [-0.05, 0) is 80.6 Å². The molecule has 2 aromatic rings. The standard InChI is InChI=1S/C24H28FN3O4S/c25-20-8-12-22(13-9-20)33(31,32)28-16-4-5-19(17-28)23(29)26-21-10-6-18(7-11-21)24(30)27-14-2-1-3-15-27/h6-13,19H,1-5,14-17H2,(H,26,29)/t19-/m1/s1. The van der Waals surface area contributed by atoms with Crippen LogP contribution < -0.4 is 5.32 Å². The molecular formula is C24H28FN3O4S. The molecule has 2 fully saturated rings. The van der Waals surface area contributed by atoms with Gasteiger partial charge < -0.3 is 10.2 Å². The predicted molar refractivity (Wildman–Crippen MR) is 123 cm³/mol. The Balaban J connectivity index is 1.38. The van der Waals surface area contributed by atoms with Gasteiger partial charge in [0.1, 0.15) is 5.82 Å². The van der Waals surface area contributed by atoms with Gasteiger partial charge in [0.05, 0.1) is 10.8 Å². The van der Waals surface area contributed by atoms with Gasteiger partial charge in [0.25, 0.3) is 5.91 Å². The average Bonchev–Trinajstić information content (AvgIpc) is 2.85. The molecule has 0 unspecified atom stereocenters. The molecule has 2 aliphatic heterocycles. The van der Waals surface area contributed by atoms with Crippen LogP contribution in [0.15, 0.2) is 53.4 Å². The lowest BCUT2D eigenvalue weighted by molar-refractivity contribution is -0.120. The molecule has 33 heavy (non-hydrogen) atoms.